The summed E-state index contributed by atoms with van der Waals surface area (Å²) >= 11 is 0. The van der Waals surface area contributed by atoms with Crippen molar-refractivity contribution in [1.82, 2.24) is 0 Å². The van der Waals surface area contributed by atoms with Crippen LogP contribution in [-0.2, 0) is 9.63 Å². The summed E-state index contributed by atoms with van der Waals surface area (Å²) in [6.45, 7) is 1.84. The highest BCUT2D eigenvalue weighted by atomic mass is 16.7. The van der Waals surface area contributed by atoms with Crippen molar-refractivity contribution in [3.05, 3.63) is 23.7 Å². The summed E-state index contributed by atoms with van der Waals surface area (Å²) in [6.07, 6.45) is 0.201. The predicted octanol–water partition coefficient (Wildman–Crippen LogP) is 1.24. The van der Waals surface area contributed by atoms with Crippen LogP contribution >= 0.6 is 0 Å². The van der Waals surface area contributed by atoms with E-state index in [1.54, 1.807) is 6.07 Å². The molecule has 0 atom stereocenters. The molecule has 0 amide bonds. The second-order valence-electron chi connectivity index (χ2n) is 2.59. The van der Waals surface area contributed by atoms with Gasteiger partial charge in [0.05, 0.1) is 6.42 Å². The van der Waals surface area contributed by atoms with Crippen molar-refractivity contribution in [2.24, 2.45) is 5.16 Å². The van der Waals surface area contributed by atoms with Gasteiger partial charge in [0.2, 0.25) is 0 Å². The highest BCUT2D eigenvalue weighted by Crippen LogP contribution is 2.14. The van der Waals surface area contributed by atoms with Crippen molar-refractivity contribution in [2.75, 3.05) is 0 Å². The Kier molecular flexibility index (Phi) is 1.46. The molecule has 4 heteroatoms. The number of rotatable bonds is 1. The maximum atomic E-state index is 10.7. The van der Waals surface area contributed by atoms with Gasteiger partial charge in [-0.25, -0.2) is 4.79 Å². The van der Waals surface area contributed by atoms with Crippen molar-refractivity contribution in [3.63, 3.8) is 0 Å². The molecule has 0 saturated heterocycles. The number of carbonyl (C=O) groups excluding carboxylic acids is 1. The largest absolute Gasteiger partial charge is 0.460 e. The van der Waals surface area contributed by atoms with Crippen molar-refractivity contribution in [1.29, 1.82) is 0 Å². The maximum Gasteiger partial charge on any atom is 0.341 e. The zero-order chi connectivity index (χ0) is 8.55. The average molecular weight is 165 g/mol. The van der Waals surface area contributed by atoms with Crippen LogP contribution in [0.15, 0.2) is 21.7 Å². The fraction of sp³-hybridized carbons (Fsp3) is 0.250. The lowest BCUT2D eigenvalue weighted by atomic mass is 10.2. The molecule has 1 aliphatic rings. The topological polar surface area (TPSA) is 51.8 Å². The first kappa shape index (κ1) is 7.09. The van der Waals surface area contributed by atoms with Gasteiger partial charge in [-0.05, 0) is 19.1 Å². The van der Waals surface area contributed by atoms with Crippen LogP contribution in [0.2, 0.25) is 0 Å². The molecule has 12 heavy (non-hydrogen) atoms. The van der Waals surface area contributed by atoms with E-state index in [1.807, 2.05) is 13.0 Å². The van der Waals surface area contributed by atoms with Gasteiger partial charge < -0.3 is 9.25 Å². The van der Waals surface area contributed by atoms with Gasteiger partial charge in [-0.3, -0.25) is 0 Å². The highest BCUT2D eigenvalue weighted by molar-refractivity contribution is 6.10. The minimum atomic E-state index is -0.334. The van der Waals surface area contributed by atoms with Crippen molar-refractivity contribution < 1.29 is 14.0 Å². The van der Waals surface area contributed by atoms with Gasteiger partial charge in [0, 0.05) is 0 Å². The number of hydrogen-bond acceptors (Lipinski definition) is 4. The summed E-state index contributed by atoms with van der Waals surface area (Å²) in [6, 6.07) is 3.59. The normalized spacial score (nSPS) is 16.1. The minimum absolute atomic E-state index is 0.201. The Morgan fingerprint density at radius 3 is 2.83 bits per heavy atom. The van der Waals surface area contributed by atoms with Crippen LogP contribution in [-0.4, -0.2) is 11.7 Å². The number of oxime groups is 1. The van der Waals surface area contributed by atoms with Gasteiger partial charge >= 0.3 is 5.97 Å². The molecule has 0 N–H and O–H groups in total. The summed E-state index contributed by atoms with van der Waals surface area (Å²) < 4.78 is 5.25. The molecular formula is C8H7NO3. The molecule has 2 heterocycles. The van der Waals surface area contributed by atoms with Crippen molar-refractivity contribution >= 4 is 11.7 Å². The Hall–Kier alpha value is -1.58. The van der Waals surface area contributed by atoms with Gasteiger partial charge in [0.1, 0.15) is 11.5 Å². The summed E-state index contributed by atoms with van der Waals surface area (Å²) in [5.74, 6) is 1.07. The molecule has 0 fully saturated rings. The van der Waals surface area contributed by atoms with Crippen molar-refractivity contribution in [3.8, 4) is 0 Å². The van der Waals surface area contributed by atoms with E-state index in [2.05, 4.69) is 9.99 Å². The average Bonchev–Trinajstić information content (AvgIpc) is 2.58. The van der Waals surface area contributed by atoms with E-state index in [4.69, 9.17) is 4.42 Å². The van der Waals surface area contributed by atoms with E-state index in [9.17, 15) is 4.79 Å². The Balaban J connectivity index is 2.27. The molecule has 1 aromatic rings. The first-order valence-corrected chi connectivity index (χ1v) is 3.59. The first-order valence-electron chi connectivity index (χ1n) is 3.59. The molecule has 0 aliphatic carbocycles. The van der Waals surface area contributed by atoms with Crippen molar-refractivity contribution in [2.45, 2.75) is 13.3 Å². The molecule has 62 valence electrons. The van der Waals surface area contributed by atoms with Gasteiger partial charge in [0.15, 0.2) is 5.76 Å². The third kappa shape index (κ3) is 1.11. The fourth-order valence-corrected chi connectivity index (χ4v) is 1.03. The van der Waals surface area contributed by atoms with Gasteiger partial charge in [-0.1, -0.05) is 5.16 Å². The molecule has 4 nitrogen and oxygen atoms in total. The summed E-state index contributed by atoms with van der Waals surface area (Å²) in [5.41, 5.74) is 0.563. The molecule has 1 aromatic heterocycles. The van der Waals surface area contributed by atoms with Crippen LogP contribution < -0.4 is 0 Å². The maximum absolute atomic E-state index is 10.7. The Bertz CT molecular complexity index is 351. The fourth-order valence-electron chi connectivity index (χ4n) is 1.03. The third-order valence-electron chi connectivity index (χ3n) is 1.59. The highest BCUT2D eigenvalue weighted by Gasteiger charge is 2.21. The van der Waals surface area contributed by atoms with Crippen LogP contribution in [0, 0.1) is 6.92 Å². The number of hydrogen-bond donors (Lipinski definition) is 0. The van der Waals surface area contributed by atoms with Crippen LogP contribution in [0.4, 0.5) is 0 Å². The van der Waals surface area contributed by atoms with E-state index in [1.165, 1.54) is 0 Å². The van der Waals surface area contributed by atoms with E-state index >= 15 is 0 Å². The SMILES string of the molecule is Cc1ccc(C2=NOC(=O)C2)o1. The lowest BCUT2D eigenvalue weighted by molar-refractivity contribution is -0.140. The standard InChI is InChI=1S/C8H7NO3/c1-5-2-3-7(11-5)6-4-8(10)12-9-6/h2-3H,4H2,1H3. The van der Waals surface area contributed by atoms with E-state index < -0.39 is 0 Å². The van der Waals surface area contributed by atoms with E-state index in [0.717, 1.165) is 5.76 Å². The number of nitrogens with zero attached hydrogens (tertiary/aromatic N) is 1. The Morgan fingerprint density at radius 2 is 2.33 bits per heavy atom. The van der Waals surface area contributed by atoms with E-state index in [-0.39, 0.29) is 12.4 Å². The molecule has 2 rings (SSSR count). The molecular weight excluding hydrogens is 158 g/mol. The van der Waals surface area contributed by atoms with Crippen LogP contribution in [0.1, 0.15) is 17.9 Å². The molecule has 0 aromatic carbocycles. The van der Waals surface area contributed by atoms with Crippen LogP contribution in [0.25, 0.3) is 0 Å². The van der Waals surface area contributed by atoms with Crippen LogP contribution in [0.5, 0.6) is 0 Å². The molecule has 0 bridgehead atoms. The monoisotopic (exact) mass is 165 g/mol. The zero-order valence-electron chi connectivity index (χ0n) is 6.53. The molecule has 0 radical (unpaired) electrons. The summed E-state index contributed by atoms with van der Waals surface area (Å²) in [5, 5.41) is 3.57. The van der Waals surface area contributed by atoms with Gasteiger partial charge in [-0.15, -0.1) is 0 Å². The smallest absolute Gasteiger partial charge is 0.341 e. The summed E-state index contributed by atoms with van der Waals surface area (Å²) in [4.78, 5) is 15.1. The van der Waals surface area contributed by atoms with Crippen LogP contribution in [0.3, 0.4) is 0 Å². The molecule has 1 aliphatic heterocycles. The first-order chi connectivity index (χ1) is 5.75. The third-order valence-corrected chi connectivity index (χ3v) is 1.59. The lowest BCUT2D eigenvalue weighted by Crippen LogP contribution is -1.98. The Morgan fingerprint density at radius 1 is 1.50 bits per heavy atom. The van der Waals surface area contributed by atoms with Gasteiger partial charge in [-0.2, -0.15) is 0 Å². The molecule has 0 spiro atoms. The lowest BCUT2D eigenvalue weighted by Gasteiger charge is -1.87. The van der Waals surface area contributed by atoms with Gasteiger partial charge in [0.25, 0.3) is 0 Å². The quantitative estimate of drug-likeness (QED) is 0.588. The second-order valence-corrected chi connectivity index (χ2v) is 2.59. The second kappa shape index (κ2) is 2.48. The van der Waals surface area contributed by atoms with E-state index in [0.29, 0.717) is 11.5 Å². The predicted molar refractivity (Wildman–Crippen MR) is 40.7 cm³/mol. The summed E-state index contributed by atoms with van der Waals surface area (Å²) in [7, 11) is 0. The Labute approximate surface area is 68.8 Å². The number of aryl methyl sites for hydroxylation is 1. The number of carbonyl (C=O) groups is 1. The molecule has 0 saturated carbocycles. The number of furan rings is 1. The molecule has 0 unspecified atom stereocenters. The zero-order valence-corrected chi connectivity index (χ0v) is 6.53. The minimum Gasteiger partial charge on any atom is -0.460 e.